The van der Waals surface area contributed by atoms with Crippen LogP contribution in [0.2, 0.25) is 0 Å². The van der Waals surface area contributed by atoms with E-state index in [1.54, 1.807) is 0 Å². The highest BCUT2D eigenvalue weighted by Crippen LogP contribution is 2.17. The second-order valence-corrected chi connectivity index (χ2v) is 4.35. The van der Waals surface area contributed by atoms with E-state index in [0.29, 0.717) is 0 Å². The molecule has 0 amide bonds. The van der Waals surface area contributed by atoms with E-state index in [1.165, 1.54) is 11.5 Å². The first-order valence-corrected chi connectivity index (χ1v) is 5.98. The van der Waals surface area contributed by atoms with Crippen molar-refractivity contribution in [1.82, 2.24) is 19.5 Å². The number of hydrogen-bond acceptors (Lipinski definition) is 5. The van der Waals surface area contributed by atoms with E-state index in [4.69, 9.17) is 0 Å². The van der Waals surface area contributed by atoms with Gasteiger partial charge in [-0.3, -0.25) is 9.88 Å². The molecule has 0 aliphatic carbocycles. The van der Waals surface area contributed by atoms with E-state index in [0.717, 1.165) is 17.9 Å². The van der Waals surface area contributed by atoms with Gasteiger partial charge in [0.05, 0.1) is 11.4 Å². The summed E-state index contributed by atoms with van der Waals surface area (Å²) in [5.74, 6) is 0. The number of aromatic nitrogens is 3. The fourth-order valence-corrected chi connectivity index (χ4v) is 1.94. The summed E-state index contributed by atoms with van der Waals surface area (Å²) in [5.41, 5.74) is 2.09. The molecule has 0 saturated carbocycles. The highest BCUT2D eigenvalue weighted by molar-refractivity contribution is 7.03. The molecule has 0 unspecified atom stereocenters. The van der Waals surface area contributed by atoms with Gasteiger partial charge < -0.3 is 0 Å². The van der Waals surface area contributed by atoms with Crippen LogP contribution in [0, 0.1) is 0 Å². The normalized spacial score (nSPS) is 12.9. The van der Waals surface area contributed by atoms with E-state index >= 15 is 0 Å². The Balaban J connectivity index is 2.02. The molecule has 0 aromatic carbocycles. The first-order valence-electron chi connectivity index (χ1n) is 5.14. The van der Waals surface area contributed by atoms with E-state index in [1.807, 2.05) is 29.8 Å². The molecule has 0 N–H and O–H groups in total. The molecular formula is C11H14N4S. The summed E-state index contributed by atoms with van der Waals surface area (Å²) in [6.07, 6.45) is 1.82. The number of rotatable bonds is 4. The Bertz CT molecular complexity index is 415. The standard InChI is InChI=1S/C11H14N4S/c1-9(11-5-3-4-6-12-11)15(2)7-10-8-16-14-13-10/h3-6,8-9H,7H2,1-2H3/t9-/m1/s1. The lowest BCUT2D eigenvalue weighted by atomic mass is 10.2. The van der Waals surface area contributed by atoms with Crippen molar-refractivity contribution in [2.24, 2.45) is 0 Å². The largest absolute Gasteiger partial charge is 0.292 e. The molecule has 4 nitrogen and oxygen atoms in total. The molecule has 84 valence electrons. The van der Waals surface area contributed by atoms with Gasteiger partial charge in [0, 0.05) is 24.2 Å². The molecule has 2 rings (SSSR count). The van der Waals surface area contributed by atoms with Gasteiger partial charge >= 0.3 is 0 Å². The predicted molar refractivity (Wildman–Crippen MR) is 64.0 cm³/mol. The third-order valence-corrected chi connectivity index (χ3v) is 3.15. The average Bonchev–Trinajstić information content (AvgIpc) is 2.82. The Labute approximate surface area is 99.1 Å². The van der Waals surface area contributed by atoms with Crippen molar-refractivity contribution in [2.45, 2.75) is 19.5 Å². The monoisotopic (exact) mass is 234 g/mol. The van der Waals surface area contributed by atoms with Crippen molar-refractivity contribution in [1.29, 1.82) is 0 Å². The Hall–Kier alpha value is -1.33. The SMILES string of the molecule is C[C@H](c1ccccn1)N(C)Cc1csnn1. The molecule has 0 fully saturated rings. The van der Waals surface area contributed by atoms with E-state index < -0.39 is 0 Å². The van der Waals surface area contributed by atoms with Gasteiger partial charge in [0.1, 0.15) is 0 Å². The lowest BCUT2D eigenvalue weighted by molar-refractivity contribution is 0.246. The zero-order chi connectivity index (χ0) is 11.4. The van der Waals surface area contributed by atoms with Crippen LogP contribution >= 0.6 is 11.5 Å². The fourth-order valence-electron chi connectivity index (χ4n) is 1.49. The summed E-state index contributed by atoms with van der Waals surface area (Å²) >= 11 is 1.39. The summed E-state index contributed by atoms with van der Waals surface area (Å²) < 4.78 is 3.86. The summed E-state index contributed by atoms with van der Waals surface area (Å²) in [4.78, 5) is 6.56. The molecule has 16 heavy (non-hydrogen) atoms. The van der Waals surface area contributed by atoms with Crippen LogP contribution in [0.1, 0.15) is 24.4 Å². The molecule has 0 aliphatic rings. The van der Waals surface area contributed by atoms with Gasteiger partial charge in [-0.2, -0.15) is 0 Å². The van der Waals surface area contributed by atoms with Crippen molar-refractivity contribution in [3.8, 4) is 0 Å². The van der Waals surface area contributed by atoms with Crippen molar-refractivity contribution in [3.63, 3.8) is 0 Å². The van der Waals surface area contributed by atoms with E-state index in [-0.39, 0.29) is 6.04 Å². The van der Waals surface area contributed by atoms with Gasteiger partial charge in [-0.25, -0.2) is 0 Å². The van der Waals surface area contributed by atoms with Gasteiger partial charge in [0.25, 0.3) is 0 Å². The lowest BCUT2D eigenvalue weighted by Gasteiger charge is -2.22. The van der Waals surface area contributed by atoms with Gasteiger partial charge in [-0.1, -0.05) is 10.6 Å². The van der Waals surface area contributed by atoms with Gasteiger partial charge in [0.15, 0.2) is 0 Å². The minimum Gasteiger partial charge on any atom is -0.292 e. The minimum atomic E-state index is 0.280. The molecule has 0 radical (unpaired) electrons. The maximum atomic E-state index is 4.35. The van der Waals surface area contributed by atoms with Crippen LogP contribution in [-0.2, 0) is 6.54 Å². The zero-order valence-corrected chi connectivity index (χ0v) is 10.2. The maximum Gasteiger partial charge on any atom is 0.0895 e. The molecule has 0 aliphatic heterocycles. The third kappa shape index (κ3) is 2.62. The maximum absolute atomic E-state index is 4.35. The van der Waals surface area contributed by atoms with Crippen molar-refractivity contribution in [2.75, 3.05) is 7.05 Å². The van der Waals surface area contributed by atoms with E-state index in [9.17, 15) is 0 Å². The Morgan fingerprint density at radius 2 is 2.31 bits per heavy atom. The van der Waals surface area contributed by atoms with Crippen molar-refractivity contribution in [3.05, 3.63) is 41.2 Å². The molecule has 5 heteroatoms. The molecule has 0 saturated heterocycles. The Morgan fingerprint density at radius 1 is 1.44 bits per heavy atom. The van der Waals surface area contributed by atoms with Gasteiger partial charge in [0.2, 0.25) is 0 Å². The smallest absolute Gasteiger partial charge is 0.0895 e. The molecule has 0 bridgehead atoms. The number of hydrogen-bond donors (Lipinski definition) is 0. The van der Waals surface area contributed by atoms with E-state index in [2.05, 4.69) is 33.4 Å². The van der Waals surface area contributed by atoms with Crippen LogP contribution in [0.15, 0.2) is 29.8 Å². The van der Waals surface area contributed by atoms with Crippen molar-refractivity contribution >= 4 is 11.5 Å². The molecule has 0 spiro atoms. The second kappa shape index (κ2) is 5.14. The molecule has 2 aromatic rings. The van der Waals surface area contributed by atoms with Gasteiger partial charge in [-0.15, -0.1) is 5.10 Å². The predicted octanol–water partition coefficient (Wildman–Crippen LogP) is 2.13. The average molecular weight is 234 g/mol. The number of nitrogens with zero attached hydrogens (tertiary/aromatic N) is 4. The van der Waals surface area contributed by atoms with Crippen LogP contribution in [0.4, 0.5) is 0 Å². The van der Waals surface area contributed by atoms with Crippen LogP contribution in [0.3, 0.4) is 0 Å². The fraction of sp³-hybridized carbons (Fsp3) is 0.364. The van der Waals surface area contributed by atoms with Crippen LogP contribution in [0.25, 0.3) is 0 Å². The molecule has 2 heterocycles. The number of pyridine rings is 1. The summed E-state index contributed by atoms with van der Waals surface area (Å²) in [6, 6.07) is 6.26. The van der Waals surface area contributed by atoms with Crippen LogP contribution < -0.4 is 0 Å². The van der Waals surface area contributed by atoms with Crippen LogP contribution in [0.5, 0.6) is 0 Å². The zero-order valence-electron chi connectivity index (χ0n) is 9.37. The van der Waals surface area contributed by atoms with Crippen molar-refractivity contribution < 1.29 is 0 Å². The highest BCUT2D eigenvalue weighted by atomic mass is 32.1. The lowest BCUT2D eigenvalue weighted by Crippen LogP contribution is -2.22. The van der Waals surface area contributed by atoms with Gasteiger partial charge in [-0.05, 0) is 37.6 Å². The quantitative estimate of drug-likeness (QED) is 0.812. The summed E-state index contributed by atoms with van der Waals surface area (Å²) in [6.45, 7) is 2.94. The molecule has 2 aromatic heterocycles. The summed E-state index contributed by atoms with van der Waals surface area (Å²) in [7, 11) is 2.07. The Morgan fingerprint density at radius 3 is 2.94 bits per heavy atom. The third-order valence-electron chi connectivity index (χ3n) is 2.59. The second-order valence-electron chi connectivity index (χ2n) is 3.74. The molecular weight excluding hydrogens is 220 g/mol. The molecule has 1 atom stereocenters. The first-order chi connectivity index (χ1) is 7.77. The Kier molecular flexibility index (Phi) is 3.58. The minimum absolute atomic E-state index is 0.280. The summed E-state index contributed by atoms with van der Waals surface area (Å²) in [5, 5.41) is 6.01. The van der Waals surface area contributed by atoms with Crippen LogP contribution in [-0.4, -0.2) is 26.5 Å². The first kappa shape index (κ1) is 11.2. The highest BCUT2D eigenvalue weighted by Gasteiger charge is 2.13. The topological polar surface area (TPSA) is 41.9 Å².